The van der Waals surface area contributed by atoms with E-state index >= 15 is 0 Å². The van der Waals surface area contributed by atoms with Crippen LogP contribution in [0.5, 0.6) is 11.5 Å². The van der Waals surface area contributed by atoms with Crippen molar-refractivity contribution in [2.24, 2.45) is 0 Å². The fourth-order valence-corrected chi connectivity index (χ4v) is 5.35. The van der Waals surface area contributed by atoms with Gasteiger partial charge in [-0.15, -0.1) is 11.3 Å². The first kappa shape index (κ1) is 18.7. The highest BCUT2D eigenvalue weighted by Crippen LogP contribution is 2.25. The van der Waals surface area contributed by atoms with Crippen LogP contribution in [0.25, 0.3) is 0 Å². The molecule has 1 amide bonds. The number of nitrogens with zero attached hydrogens (tertiary/aromatic N) is 2. The molecule has 0 N–H and O–H groups in total. The molecule has 1 aromatic heterocycles. The zero-order valence-electron chi connectivity index (χ0n) is 14.5. The molecule has 1 aromatic carbocycles. The van der Waals surface area contributed by atoms with Crippen molar-refractivity contribution in [1.29, 1.82) is 0 Å². The summed E-state index contributed by atoms with van der Waals surface area (Å²) in [6.45, 7) is 1.21. The Bertz CT molecular complexity index is 850. The van der Waals surface area contributed by atoms with Gasteiger partial charge in [-0.05, 0) is 23.6 Å². The fraction of sp³-hybridized carbons (Fsp3) is 0.353. The number of methoxy groups -OCH3 is 2. The minimum atomic E-state index is -3.48. The number of thiophene rings is 1. The minimum Gasteiger partial charge on any atom is -0.497 e. The van der Waals surface area contributed by atoms with Crippen molar-refractivity contribution in [3.05, 3.63) is 41.3 Å². The first-order valence-electron chi connectivity index (χ1n) is 8.01. The molecule has 3 rings (SSSR count). The normalized spacial score (nSPS) is 15.7. The van der Waals surface area contributed by atoms with Crippen molar-refractivity contribution in [3.63, 3.8) is 0 Å². The van der Waals surface area contributed by atoms with Crippen molar-refractivity contribution in [1.82, 2.24) is 9.21 Å². The van der Waals surface area contributed by atoms with Gasteiger partial charge in [0.05, 0.1) is 14.2 Å². The lowest BCUT2D eigenvalue weighted by molar-refractivity contribution is 0.0697. The average Bonchev–Trinajstić information content (AvgIpc) is 3.22. The highest BCUT2D eigenvalue weighted by molar-refractivity contribution is 7.91. The van der Waals surface area contributed by atoms with E-state index in [1.165, 1.54) is 29.9 Å². The molecule has 1 fully saturated rings. The number of carbonyl (C=O) groups excluding carboxylic acids is 1. The van der Waals surface area contributed by atoms with E-state index in [2.05, 4.69) is 0 Å². The molecule has 2 heterocycles. The summed E-state index contributed by atoms with van der Waals surface area (Å²) >= 11 is 1.20. The smallest absolute Gasteiger partial charge is 0.254 e. The van der Waals surface area contributed by atoms with E-state index in [-0.39, 0.29) is 19.0 Å². The second kappa shape index (κ2) is 7.65. The summed E-state index contributed by atoms with van der Waals surface area (Å²) in [6.07, 6.45) is 0. The van der Waals surface area contributed by atoms with E-state index in [1.54, 1.807) is 40.6 Å². The number of hydrogen-bond acceptors (Lipinski definition) is 6. The summed E-state index contributed by atoms with van der Waals surface area (Å²) in [5.74, 6) is 0.897. The first-order chi connectivity index (χ1) is 12.5. The zero-order chi connectivity index (χ0) is 18.7. The standard InChI is InChI=1S/C17H20N2O5S2/c1-23-14-10-13(11-15(12-14)24-2)17(20)18-5-7-19(8-6-18)26(21,22)16-4-3-9-25-16/h3-4,9-12H,5-8H2,1-2H3. The lowest BCUT2D eigenvalue weighted by Gasteiger charge is -2.33. The fourth-order valence-electron chi connectivity index (χ4n) is 2.78. The summed E-state index contributed by atoms with van der Waals surface area (Å²) in [6, 6.07) is 8.31. The molecule has 140 valence electrons. The van der Waals surface area contributed by atoms with Gasteiger partial charge in [-0.25, -0.2) is 8.42 Å². The van der Waals surface area contributed by atoms with Gasteiger partial charge >= 0.3 is 0 Å². The van der Waals surface area contributed by atoms with Gasteiger partial charge in [0, 0.05) is 37.8 Å². The molecule has 7 nitrogen and oxygen atoms in total. The van der Waals surface area contributed by atoms with Crippen LogP contribution in [0.4, 0.5) is 0 Å². The maximum Gasteiger partial charge on any atom is 0.254 e. The first-order valence-corrected chi connectivity index (χ1v) is 10.3. The molecule has 0 saturated carbocycles. The van der Waals surface area contributed by atoms with Crippen molar-refractivity contribution >= 4 is 27.3 Å². The number of rotatable bonds is 5. The molecule has 0 radical (unpaired) electrons. The van der Waals surface area contributed by atoms with Crippen molar-refractivity contribution < 1.29 is 22.7 Å². The summed E-state index contributed by atoms with van der Waals surface area (Å²) < 4.78 is 37.3. The van der Waals surface area contributed by atoms with E-state index in [9.17, 15) is 13.2 Å². The van der Waals surface area contributed by atoms with E-state index in [0.29, 0.717) is 34.4 Å². The Kier molecular flexibility index (Phi) is 5.49. The average molecular weight is 396 g/mol. The third-order valence-corrected chi connectivity index (χ3v) is 7.49. The molecule has 0 spiro atoms. The predicted molar refractivity (Wildman–Crippen MR) is 98.5 cm³/mol. The molecule has 1 aliphatic heterocycles. The Morgan fingerprint density at radius 2 is 1.65 bits per heavy atom. The molecular weight excluding hydrogens is 376 g/mol. The summed E-state index contributed by atoms with van der Waals surface area (Å²) in [4.78, 5) is 14.4. The van der Waals surface area contributed by atoms with Gasteiger partial charge in [0.1, 0.15) is 15.7 Å². The van der Waals surface area contributed by atoms with Gasteiger partial charge in [-0.1, -0.05) is 6.07 Å². The van der Waals surface area contributed by atoms with E-state index in [1.807, 2.05) is 0 Å². The minimum absolute atomic E-state index is 0.171. The number of carbonyl (C=O) groups is 1. The van der Waals surface area contributed by atoms with Crippen molar-refractivity contribution in [3.8, 4) is 11.5 Å². The van der Waals surface area contributed by atoms with Gasteiger partial charge in [-0.3, -0.25) is 4.79 Å². The Morgan fingerprint density at radius 3 is 2.15 bits per heavy atom. The van der Waals surface area contributed by atoms with Crippen molar-refractivity contribution in [2.45, 2.75) is 4.21 Å². The summed E-state index contributed by atoms with van der Waals surface area (Å²) in [5, 5.41) is 1.74. The Labute approximate surface area is 156 Å². The highest BCUT2D eigenvalue weighted by Gasteiger charge is 2.31. The third kappa shape index (κ3) is 3.69. The van der Waals surface area contributed by atoms with Gasteiger partial charge in [-0.2, -0.15) is 4.31 Å². The molecular formula is C17H20N2O5S2. The second-order valence-corrected chi connectivity index (χ2v) is 8.84. The van der Waals surface area contributed by atoms with Crippen molar-refractivity contribution in [2.75, 3.05) is 40.4 Å². The van der Waals surface area contributed by atoms with Crippen LogP contribution in [0.3, 0.4) is 0 Å². The lowest BCUT2D eigenvalue weighted by atomic mass is 10.1. The third-order valence-electron chi connectivity index (χ3n) is 4.21. The topological polar surface area (TPSA) is 76.2 Å². The van der Waals surface area contributed by atoms with Crippen LogP contribution in [-0.2, 0) is 10.0 Å². The van der Waals surface area contributed by atoms with E-state index in [0.717, 1.165) is 0 Å². The summed E-state index contributed by atoms with van der Waals surface area (Å²) in [5.41, 5.74) is 0.454. The Balaban J connectivity index is 1.71. The van der Waals surface area contributed by atoms with Crippen LogP contribution in [0.15, 0.2) is 39.9 Å². The highest BCUT2D eigenvalue weighted by atomic mass is 32.2. The van der Waals surface area contributed by atoms with Gasteiger partial charge in [0.15, 0.2) is 0 Å². The molecule has 1 aliphatic rings. The van der Waals surface area contributed by atoms with Crippen LogP contribution in [0, 0.1) is 0 Å². The van der Waals surface area contributed by atoms with Crippen LogP contribution in [0.2, 0.25) is 0 Å². The number of benzene rings is 1. The number of hydrogen-bond donors (Lipinski definition) is 0. The molecule has 0 bridgehead atoms. The van der Waals surface area contributed by atoms with E-state index < -0.39 is 10.0 Å². The van der Waals surface area contributed by atoms with Gasteiger partial charge in [0.25, 0.3) is 15.9 Å². The van der Waals surface area contributed by atoms with Gasteiger partial charge < -0.3 is 14.4 Å². The molecule has 0 atom stereocenters. The molecule has 1 saturated heterocycles. The monoisotopic (exact) mass is 396 g/mol. The van der Waals surface area contributed by atoms with Crippen LogP contribution >= 0.6 is 11.3 Å². The molecule has 0 aliphatic carbocycles. The number of sulfonamides is 1. The van der Waals surface area contributed by atoms with Crippen LogP contribution < -0.4 is 9.47 Å². The van der Waals surface area contributed by atoms with Crippen LogP contribution in [-0.4, -0.2) is 63.9 Å². The summed E-state index contributed by atoms with van der Waals surface area (Å²) in [7, 11) is -0.430. The number of ether oxygens (including phenoxy) is 2. The maximum atomic E-state index is 12.8. The Hall–Kier alpha value is -2.10. The SMILES string of the molecule is COc1cc(OC)cc(C(=O)N2CCN(S(=O)(=O)c3cccs3)CC2)c1. The number of piperazine rings is 1. The lowest BCUT2D eigenvalue weighted by Crippen LogP contribution is -2.50. The zero-order valence-corrected chi connectivity index (χ0v) is 16.2. The van der Waals surface area contributed by atoms with Crippen LogP contribution in [0.1, 0.15) is 10.4 Å². The molecule has 2 aromatic rings. The largest absolute Gasteiger partial charge is 0.497 e. The second-order valence-electron chi connectivity index (χ2n) is 5.73. The maximum absolute atomic E-state index is 12.8. The van der Waals surface area contributed by atoms with Gasteiger partial charge in [0.2, 0.25) is 0 Å². The number of amides is 1. The molecule has 0 unspecified atom stereocenters. The predicted octanol–water partition coefficient (Wildman–Crippen LogP) is 1.91. The molecule has 9 heteroatoms. The molecule has 26 heavy (non-hydrogen) atoms. The quantitative estimate of drug-likeness (QED) is 0.772. The Morgan fingerprint density at radius 1 is 1.04 bits per heavy atom. The van der Waals surface area contributed by atoms with E-state index in [4.69, 9.17) is 9.47 Å².